The van der Waals surface area contributed by atoms with Gasteiger partial charge in [0.2, 0.25) is 0 Å². The molecule has 2 aromatic heterocycles. The molecule has 0 saturated heterocycles. The predicted molar refractivity (Wildman–Crippen MR) is 110 cm³/mol. The number of carboxylic acids is 2. The number of carbonyl (C=O) groups is 2. The van der Waals surface area contributed by atoms with Crippen LogP contribution in [0.15, 0.2) is 36.4 Å². The molecule has 0 radical (unpaired) electrons. The number of nitrogens with zero attached hydrogens (tertiary/aromatic N) is 5. The van der Waals surface area contributed by atoms with E-state index in [0.29, 0.717) is 38.4 Å². The number of hydrogen-bond donors (Lipinski definition) is 2. The van der Waals surface area contributed by atoms with Gasteiger partial charge in [-0.05, 0) is 31.3 Å². The monoisotopic (exact) mass is 413 g/mol. The molecule has 0 amide bonds. The molecule has 2 bridgehead atoms. The highest BCUT2D eigenvalue weighted by Crippen LogP contribution is 2.10. The highest BCUT2D eigenvalue weighted by Gasteiger charge is 2.17. The molecule has 9 heteroatoms. The van der Waals surface area contributed by atoms with Gasteiger partial charge in [0.05, 0.1) is 23.6 Å². The summed E-state index contributed by atoms with van der Waals surface area (Å²) in [6, 6.07) is 10.9. The lowest BCUT2D eigenvalue weighted by Gasteiger charge is -2.29. The molecule has 1 aliphatic rings. The van der Waals surface area contributed by atoms with Crippen molar-refractivity contribution in [2.45, 2.75) is 19.6 Å². The normalized spacial score (nSPS) is 17.1. The number of fused-ring (bicyclic) bond motifs is 2. The van der Waals surface area contributed by atoms with Crippen LogP contribution in [0.4, 0.5) is 0 Å². The smallest absolute Gasteiger partial charge is 0.354 e. The molecule has 0 aromatic carbocycles. The van der Waals surface area contributed by atoms with Crippen LogP contribution in [-0.2, 0) is 24.4 Å². The molecule has 1 aliphatic heterocycles. The molecule has 2 N–H and O–H groups in total. The van der Waals surface area contributed by atoms with E-state index >= 15 is 0 Å². The van der Waals surface area contributed by atoms with Crippen molar-refractivity contribution in [3.05, 3.63) is 59.2 Å². The second kappa shape index (κ2) is 10.2. The Morgan fingerprint density at radius 2 is 1.57 bits per heavy atom. The largest absolute Gasteiger partial charge is 0.480 e. The third-order valence-corrected chi connectivity index (χ3v) is 4.98. The number of aliphatic carboxylic acids is 1. The van der Waals surface area contributed by atoms with Crippen LogP contribution in [0.3, 0.4) is 0 Å². The van der Waals surface area contributed by atoms with Crippen LogP contribution in [0.2, 0.25) is 0 Å². The van der Waals surface area contributed by atoms with Gasteiger partial charge in [-0.1, -0.05) is 12.1 Å². The van der Waals surface area contributed by atoms with Crippen LogP contribution >= 0.6 is 0 Å². The molecular weight excluding hydrogens is 386 g/mol. The van der Waals surface area contributed by atoms with Crippen LogP contribution in [-0.4, -0.2) is 86.6 Å². The molecule has 0 unspecified atom stereocenters. The van der Waals surface area contributed by atoms with Gasteiger partial charge >= 0.3 is 11.9 Å². The molecule has 160 valence electrons. The van der Waals surface area contributed by atoms with Gasteiger partial charge < -0.3 is 10.2 Å². The van der Waals surface area contributed by atoms with Gasteiger partial charge in [-0.25, -0.2) is 9.78 Å². The minimum Gasteiger partial charge on any atom is -0.480 e. The molecule has 3 rings (SSSR count). The van der Waals surface area contributed by atoms with Gasteiger partial charge in [-0.3, -0.25) is 24.5 Å². The molecular formula is C21H27N5O4. The molecule has 30 heavy (non-hydrogen) atoms. The fraction of sp³-hybridized carbons (Fsp3) is 0.429. The highest BCUT2D eigenvalue weighted by atomic mass is 16.4. The van der Waals surface area contributed by atoms with Gasteiger partial charge in [0, 0.05) is 45.8 Å². The van der Waals surface area contributed by atoms with E-state index in [1.807, 2.05) is 36.2 Å². The van der Waals surface area contributed by atoms with Gasteiger partial charge in [-0.15, -0.1) is 0 Å². The van der Waals surface area contributed by atoms with E-state index in [2.05, 4.69) is 19.8 Å². The van der Waals surface area contributed by atoms with Crippen molar-refractivity contribution in [1.82, 2.24) is 24.7 Å². The van der Waals surface area contributed by atoms with E-state index in [1.54, 1.807) is 6.07 Å². The van der Waals surface area contributed by atoms with E-state index in [-0.39, 0.29) is 12.2 Å². The minimum absolute atomic E-state index is 0.0241. The number of aromatic nitrogens is 2. The first kappa shape index (κ1) is 21.8. The van der Waals surface area contributed by atoms with E-state index in [9.17, 15) is 19.8 Å². The molecule has 0 aliphatic carbocycles. The predicted octanol–water partition coefficient (Wildman–Crippen LogP) is 1.01. The molecule has 3 heterocycles. The van der Waals surface area contributed by atoms with Crippen molar-refractivity contribution < 1.29 is 19.8 Å². The minimum atomic E-state index is -1.05. The van der Waals surface area contributed by atoms with Crippen LogP contribution in [0.1, 0.15) is 27.6 Å². The lowest BCUT2D eigenvalue weighted by atomic mass is 10.2. The zero-order valence-electron chi connectivity index (χ0n) is 17.1. The van der Waals surface area contributed by atoms with Crippen LogP contribution in [0.5, 0.6) is 0 Å². The van der Waals surface area contributed by atoms with Crippen molar-refractivity contribution in [2.75, 3.05) is 39.8 Å². The third-order valence-electron chi connectivity index (χ3n) is 4.98. The van der Waals surface area contributed by atoms with E-state index in [0.717, 1.165) is 24.5 Å². The Morgan fingerprint density at radius 1 is 0.900 bits per heavy atom. The molecule has 0 fully saturated rings. The van der Waals surface area contributed by atoms with Crippen molar-refractivity contribution in [2.24, 2.45) is 0 Å². The van der Waals surface area contributed by atoms with Crippen molar-refractivity contribution >= 4 is 11.9 Å². The fourth-order valence-electron chi connectivity index (χ4n) is 3.48. The molecule has 0 spiro atoms. The van der Waals surface area contributed by atoms with Crippen LogP contribution < -0.4 is 0 Å². The number of aromatic carboxylic acids is 1. The summed E-state index contributed by atoms with van der Waals surface area (Å²) in [7, 11) is 2.04. The number of likely N-dealkylation sites (N-methyl/N-ethyl adjacent to an activating group) is 1. The van der Waals surface area contributed by atoms with E-state index in [4.69, 9.17) is 0 Å². The standard InChI is InChI=1S/C21H27N5O4/c1-24-8-9-25(13-18-6-3-7-19(23-18)21(29)30)10-11-26(15-20(27)28)14-17-5-2-4-16(12-24)22-17/h2-7H,8-15H2,1H3,(H,27,28)(H,29,30). The second-order valence-electron chi connectivity index (χ2n) is 7.56. The Bertz CT molecular complexity index is 891. The van der Waals surface area contributed by atoms with Crippen molar-refractivity contribution in [3.8, 4) is 0 Å². The Hall–Kier alpha value is -2.88. The average Bonchev–Trinajstić information content (AvgIpc) is 2.69. The summed E-state index contributed by atoms with van der Waals surface area (Å²) < 4.78 is 0. The summed E-state index contributed by atoms with van der Waals surface area (Å²) in [5.41, 5.74) is 2.51. The molecule has 2 aromatic rings. The maximum atomic E-state index is 11.3. The SMILES string of the molecule is CN1CCN(Cc2cccc(C(=O)O)n2)CCN(CC(=O)O)Cc2cccc(n2)C1. The first-order chi connectivity index (χ1) is 14.4. The lowest BCUT2D eigenvalue weighted by Crippen LogP contribution is -2.40. The number of rotatable bonds is 5. The van der Waals surface area contributed by atoms with E-state index in [1.165, 1.54) is 6.07 Å². The fourth-order valence-corrected chi connectivity index (χ4v) is 3.48. The summed E-state index contributed by atoms with van der Waals surface area (Å²) in [4.78, 5) is 37.7. The summed E-state index contributed by atoms with van der Waals surface area (Å²) in [5, 5.41) is 18.5. The number of pyridine rings is 2. The Balaban J connectivity index is 1.78. The summed E-state index contributed by atoms with van der Waals surface area (Å²) in [6.07, 6.45) is 0. The zero-order valence-corrected chi connectivity index (χ0v) is 17.1. The van der Waals surface area contributed by atoms with Crippen LogP contribution in [0.25, 0.3) is 0 Å². The molecule has 9 nitrogen and oxygen atoms in total. The number of carboxylic acid groups (broad SMARTS) is 2. The van der Waals surface area contributed by atoms with Crippen molar-refractivity contribution in [1.29, 1.82) is 0 Å². The summed E-state index contributed by atoms with van der Waals surface area (Å²) >= 11 is 0. The van der Waals surface area contributed by atoms with Gasteiger partial charge in [-0.2, -0.15) is 0 Å². The first-order valence-electron chi connectivity index (χ1n) is 9.88. The Kier molecular flexibility index (Phi) is 7.45. The molecule has 0 atom stereocenters. The zero-order chi connectivity index (χ0) is 21.5. The van der Waals surface area contributed by atoms with E-state index < -0.39 is 11.9 Å². The summed E-state index contributed by atoms with van der Waals surface area (Å²) in [5.74, 6) is -1.92. The topological polar surface area (TPSA) is 110 Å². The van der Waals surface area contributed by atoms with Crippen molar-refractivity contribution in [3.63, 3.8) is 0 Å². The number of hydrogen-bond acceptors (Lipinski definition) is 7. The third kappa shape index (κ3) is 6.58. The molecule has 0 saturated carbocycles. The van der Waals surface area contributed by atoms with Crippen LogP contribution in [0, 0.1) is 0 Å². The average molecular weight is 413 g/mol. The Labute approximate surface area is 175 Å². The summed E-state index contributed by atoms with van der Waals surface area (Å²) in [6.45, 7) is 4.34. The second-order valence-corrected chi connectivity index (χ2v) is 7.56. The van der Waals surface area contributed by atoms with Gasteiger partial charge in [0.1, 0.15) is 5.69 Å². The van der Waals surface area contributed by atoms with Gasteiger partial charge in [0.15, 0.2) is 0 Å². The van der Waals surface area contributed by atoms with Gasteiger partial charge in [0.25, 0.3) is 0 Å². The maximum Gasteiger partial charge on any atom is 0.354 e. The highest BCUT2D eigenvalue weighted by molar-refractivity contribution is 5.85. The Morgan fingerprint density at radius 3 is 2.30 bits per heavy atom. The lowest BCUT2D eigenvalue weighted by molar-refractivity contribution is -0.138. The first-order valence-corrected chi connectivity index (χ1v) is 9.88. The maximum absolute atomic E-state index is 11.3. The quantitative estimate of drug-likeness (QED) is 0.742.